The summed E-state index contributed by atoms with van der Waals surface area (Å²) in [4.78, 5) is 9.82. The number of hydrogen-bond acceptors (Lipinski definition) is 2. The Morgan fingerprint density at radius 3 is 2.40 bits per heavy atom. The molecule has 0 aromatic rings. The van der Waals surface area contributed by atoms with Gasteiger partial charge in [0.2, 0.25) is 0 Å². The van der Waals surface area contributed by atoms with Gasteiger partial charge in [-0.2, -0.15) is 0 Å². The van der Waals surface area contributed by atoms with Crippen LogP contribution in [0.5, 0.6) is 0 Å². The Morgan fingerprint density at radius 1 is 2.00 bits per heavy atom. The molecule has 1 nitrogen and oxygen atoms in total. The van der Waals surface area contributed by atoms with Crippen molar-refractivity contribution in [3.05, 3.63) is 5.75 Å². The zero-order valence-electron chi connectivity index (χ0n) is 2.60. The number of carbonyl (C=O) groups excluding carboxylic acids is 1. The summed E-state index contributed by atoms with van der Waals surface area (Å²) in [6, 6.07) is 0. The third-order valence-electron chi connectivity index (χ3n) is 0.440. The second kappa shape index (κ2) is 1.01. The quantitative estimate of drug-likeness (QED) is 0.427. The number of ketones is 1. The van der Waals surface area contributed by atoms with E-state index in [9.17, 15) is 4.79 Å². The van der Waals surface area contributed by atoms with Gasteiger partial charge in [-0.3, -0.25) is 4.79 Å². The number of hydrogen-bond donors (Lipinski definition) is 0. The number of carbonyl (C=O) groups is 1. The summed E-state index contributed by atoms with van der Waals surface area (Å²) in [6.45, 7) is 0. The lowest BCUT2D eigenvalue weighted by Gasteiger charge is -2.04. The van der Waals surface area contributed by atoms with Gasteiger partial charge in [-0.1, -0.05) is 0 Å². The van der Waals surface area contributed by atoms with Gasteiger partial charge in [-0.05, 0) is 0 Å². The fourth-order valence-corrected chi connectivity index (χ4v) is 0.454. The van der Waals surface area contributed by atoms with Gasteiger partial charge in [-0.15, -0.1) is 11.8 Å². The second-order valence-electron chi connectivity index (χ2n) is 0.895. The maximum atomic E-state index is 9.82. The van der Waals surface area contributed by atoms with Gasteiger partial charge >= 0.3 is 0 Å². The molecule has 0 bridgehead atoms. The first-order valence-electron chi connectivity index (χ1n) is 1.37. The molecule has 0 aromatic carbocycles. The molecule has 1 radical (unpaired) electrons. The van der Waals surface area contributed by atoms with Gasteiger partial charge in [0.1, 0.15) is 0 Å². The van der Waals surface area contributed by atoms with Gasteiger partial charge in [0, 0.05) is 0 Å². The zero-order valence-corrected chi connectivity index (χ0v) is 3.42. The number of rotatable bonds is 0. The lowest BCUT2D eigenvalue weighted by Crippen LogP contribution is -2.09. The van der Waals surface area contributed by atoms with E-state index in [-0.39, 0.29) is 5.78 Å². The Morgan fingerprint density at radius 2 is 2.40 bits per heavy atom. The molecule has 0 aromatic heterocycles. The normalized spacial score (nSPS) is 22.0. The molecular weight excluding hydrogens is 84.1 g/mol. The molecule has 1 aliphatic heterocycles. The first-order chi connectivity index (χ1) is 2.39. The molecule has 1 fully saturated rings. The summed E-state index contributed by atoms with van der Waals surface area (Å²) in [5.74, 6) is 2.61. The van der Waals surface area contributed by atoms with Gasteiger partial charge in [-0.25, -0.2) is 0 Å². The Labute approximate surface area is 34.7 Å². The maximum Gasteiger partial charge on any atom is 0.157 e. The maximum absolute atomic E-state index is 9.82. The van der Waals surface area contributed by atoms with E-state index in [1.54, 1.807) is 17.5 Å². The van der Waals surface area contributed by atoms with E-state index in [4.69, 9.17) is 0 Å². The van der Waals surface area contributed by atoms with E-state index in [0.29, 0.717) is 5.75 Å². The van der Waals surface area contributed by atoms with Crippen molar-refractivity contribution in [2.24, 2.45) is 0 Å². The Bertz CT molecular complexity index is 53.9. The SMILES string of the molecule is O=C1[CH]SC1. The summed E-state index contributed by atoms with van der Waals surface area (Å²) in [6.07, 6.45) is 0. The molecule has 1 rings (SSSR count). The van der Waals surface area contributed by atoms with Crippen LogP contribution in [0.15, 0.2) is 0 Å². The highest BCUT2D eigenvalue weighted by Gasteiger charge is 2.11. The molecule has 1 aliphatic rings. The van der Waals surface area contributed by atoms with Crippen molar-refractivity contribution in [1.29, 1.82) is 0 Å². The van der Waals surface area contributed by atoms with E-state index in [0.717, 1.165) is 0 Å². The van der Waals surface area contributed by atoms with Crippen LogP contribution in [-0.4, -0.2) is 11.5 Å². The molecule has 0 unspecified atom stereocenters. The lowest BCUT2D eigenvalue weighted by molar-refractivity contribution is -0.113. The van der Waals surface area contributed by atoms with Crippen LogP contribution in [0.3, 0.4) is 0 Å². The minimum atomic E-state index is 0.273. The average molecular weight is 87.1 g/mol. The standard InChI is InChI=1S/C3H3OS/c4-3-1-5-2-3/h1H,2H2. The van der Waals surface area contributed by atoms with Crippen molar-refractivity contribution in [2.45, 2.75) is 0 Å². The van der Waals surface area contributed by atoms with E-state index < -0.39 is 0 Å². The van der Waals surface area contributed by atoms with Gasteiger partial charge in [0.25, 0.3) is 0 Å². The number of thioether (sulfide) groups is 1. The Hall–Kier alpha value is 0.0200. The topological polar surface area (TPSA) is 17.1 Å². The van der Waals surface area contributed by atoms with Crippen LogP contribution in [0, 0.1) is 5.75 Å². The molecule has 0 N–H and O–H groups in total. The van der Waals surface area contributed by atoms with Crippen LogP contribution in [0.2, 0.25) is 0 Å². The molecule has 0 saturated carbocycles. The third kappa shape index (κ3) is 0.453. The molecule has 0 spiro atoms. The number of Topliss-reactive ketones (excluding diaryl/α,β-unsaturated/α-hetero) is 1. The molecule has 0 aliphatic carbocycles. The second-order valence-corrected chi connectivity index (χ2v) is 1.75. The van der Waals surface area contributed by atoms with Crippen molar-refractivity contribution < 1.29 is 4.79 Å². The molecule has 5 heavy (non-hydrogen) atoms. The van der Waals surface area contributed by atoms with Gasteiger partial charge in [0.15, 0.2) is 5.78 Å². The van der Waals surface area contributed by atoms with E-state index >= 15 is 0 Å². The monoisotopic (exact) mass is 87.0 g/mol. The van der Waals surface area contributed by atoms with Crippen molar-refractivity contribution in [1.82, 2.24) is 0 Å². The van der Waals surface area contributed by atoms with E-state index in [1.165, 1.54) is 0 Å². The molecular formula is C3H3OS. The van der Waals surface area contributed by atoms with Crippen molar-refractivity contribution in [2.75, 3.05) is 5.75 Å². The average Bonchev–Trinajstić information content (AvgIpc) is 1.30. The van der Waals surface area contributed by atoms with Crippen LogP contribution >= 0.6 is 11.8 Å². The molecule has 1 heterocycles. The van der Waals surface area contributed by atoms with Crippen LogP contribution in [0.25, 0.3) is 0 Å². The predicted molar refractivity (Wildman–Crippen MR) is 21.8 cm³/mol. The minimum absolute atomic E-state index is 0.273. The fourth-order valence-electron chi connectivity index (χ4n) is 0.151. The van der Waals surface area contributed by atoms with E-state index in [1.807, 2.05) is 0 Å². The molecule has 27 valence electrons. The fraction of sp³-hybridized carbons (Fsp3) is 0.333. The summed E-state index contributed by atoms with van der Waals surface area (Å²) in [5, 5.41) is 0. The van der Waals surface area contributed by atoms with Gasteiger partial charge in [0.05, 0.1) is 11.5 Å². The zero-order chi connectivity index (χ0) is 3.70. The highest BCUT2D eigenvalue weighted by molar-refractivity contribution is 8.05. The first-order valence-corrected chi connectivity index (χ1v) is 2.42. The lowest BCUT2D eigenvalue weighted by atomic mass is 10.5. The first kappa shape index (κ1) is 3.22. The Kier molecular flexibility index (Phi) is 0.651. The summed E-state index contributed by atoms with van der Waals surface area (Å²) in [5.41, 5.74) is 0. The summed E-state index contributed by atoms with van der Waals surface area (Å²) >= 11 is 1.57. The van der Waals surface area contributed by atoms with Crippen molar-refractivity contribution in [3.63, 3.8) is 0 Å². The van der Waals surface area contributed by atoms with Crippen molar-refractivity contribution >= 4 is 17.5 Å². The van der Waals surface area contributed by atoms with E-state index in [2.05, 4.69) is 0 Å². The predicted octanol–water partition coefficient (Wildman–Crippen LogP) is 0.464. The summed E-state index contributed by atoms with van der Waals surface area (Å²) < 4.78 is 0. The highest BCUT2D eigenvalue weighted by Crippen LogP contribution is 2.17. The molecule has 2 heteroatoms. The Balaban J connectivity index is 2.32. The minimum Gasteiger partial charge on any atom is -0.297 e. The van der Waals surface area contributed by atoms with Gasteiger partial charge < -0.3 is 0 Å². The van der Waals surface area contributed by atoms with Crippen molar-refractivity contribution in [3.8, 4) is 0 Å². The highest BCUT2D eigenvalue weighted by atomic mass is 32.2. The molecule has 1 saturated heterocycles. The third-order valence-corrected chi connectivity index (χ3v) is 1.32. The van der Waals surface area contributed by atoms with Crippen LogP contribution in [0.1, 0.15) is 0 Å². The molecule has 0 amide bonds. The van der Waals surface area contributed by atoms with Crippen LogP contribution in [-0.2, 0) is 4.79 Å². The smallest absolute Gasteiger partial charge is 0.157 e. The summed E-state index contributed by atoms with van der Waals surface area (Å²) in [7, 11) is 0. The molecule has 0 atom stereocenters. The van der Waals surface area contributed by atoms with Crippen LogP contribution in [0.4, 0.5) is 0 Å². The largest absolute Gasteiger partial charge is 0.297 e. The van der Waals surface area contributed by atoms with Crippen LogP contribution < -0.4 is 0 Å².